The van der Waals surface area contributed by atoms with E-state index in [2.05, 4.69) is 5.32 Å². The van der Waals surface area contributed by atoms with Crippen molar-refractivity contribution in [3.63, 3.8) is 0 Å². The van der Waals surface area contributed by atoms with Crippen LogP contribution >= 0.6 is 0 Å². The third-order valence-corrected chi connectivity index (χ3v) is 2.74. The standard InChI is InChI=1S/C10H14N4O2/c11-9-3-1-2-4-10(9)13(14(15)16)8-5-6-12-7-8/h1-4,8,12H,5-7,11H2. The fourth-order valence-electron chi connectivity index (χ4n) is 1.96. The molecule has 0 aromatic heterocycles. The number of nitrogens with one attached hydrogen (secondary N) is 1. The molecule has 0 aliphatic carbocycles. The number of nitrogens with zero attached hydrogens (tertiary/aromatic N) is 2. The minimum atomic E-state index is -0.386. The Hall–Kier alpha value is -1.82. The Morgan fingerprint density at radius 2 is 2.25 bits per heavy atom. The molecule has 0 spiro atoms. The van der Waals surface area contributed by atoms with Crippen molar-refractivity contribution in [3.05, 3.63) is 34.4 Å². The van der Waals surface area contributed by atoms with Gasteiger partial charge in [0.05, 0.1) is 5.69 Å². The summed E-state index contributed by atoms with van der Waals surface area (Å²) in [7, 11) is 0. The van der Waals surface area contributed by atoms with E-state index >= 15 is 0 Å². The molecular formula is C10H14N4O2. The lowest BCUT2D eigenvalue weighted by molar-refractivity contribution is -0.499. The maximum atomic E-state index is 11.1. The van der Waals surface area contributed by atoms with Crippen molar-refractivity contribution in [1.82, 2.24) is 5.32 Å². The molecule has 0 amide bonds. The van der Waals surface area contributed by atoms with Gasteiger partial charge in [0.1, 0.15) is 11.7 Å². The van der Waals surface area contributed by atoms with E-state index in [-0.39, 0.29) is 11.1 Å². The number of nitrogen functional groups attached to an aromatic ring is 1. The molecule has 1 aliphatic rings. The first-order chi connectivity index (χ1) is 7.70. The van der Waals surface area contributed by atoms with Gasteiger partial charge < -0.3 is 11.1 Å². The first-order valence-electron chi connectivity index (χ1n) is 5.19. The van der Waals surface area contributed by atoms with Crippen LogP contribution in [0.15, 0.2) is 24.3 Å². The van der Waals surface area contributed by atoms with Gasteiger partial charge in [0.15, 0.2) is 5.03 Å². The lowest BCUT2D eigenvalue weighted by Gasteiger charge is -2.21. The van der Waals surface area contributed by atoms with Crippen molar-refractivity contribution in [1.29, 1.82) is 0 Å². The number of rotatable bonds is 3. The third-order valence-electron chi connectivity index (χ3n) is 2.74. The van der Waals surface area contributed by atoms with Gasteiger partial charge in [0, 0.05) is 6.54 Å². The molecule has 1 aromatic carbocycles. The highest BCUT2D eigenvalue weighted by Gasteiger charge is 2.32. The molecule has 1 heterocycles. The topological polar surface area (TPSA) is 84.4 Å². The number of hydrogen-bond acceptors (Lipinski definition) is 4. The molecule has 6 nitrogen and oxygen atoms in total. The molecule has 2 rings (SSSR count). The smallest absolute Gasteiger partial charge is 0.165 e. The van der Waals surface area contributed by atoms with Crippen molar-refractivity contribution < 1.29 is 5.03 Å². The van der Waals surface area contributed by atoms with Gasteiger partial charge in [-0.2, -0.15) is 0 Å². The number of anilines is 2. The zero-order valence-corrected chi connectivity index (χ0v) is 8.80. The summed E-state index contributed by atoms with van der Waals surface area (Å²) in [4.78, 5) is 11.1. The molecule has 3 N–H and O–H groups in total. The highest BCUT2D eigenvalue weighted by Crippen LogP contribution is 2.26. The van der Waals surface area contributed by atoms with Crippen molar-refractivity contribution in [2.75, 3.05) is 23.8 Å². The van der Waals surface area contributed by atoms with Gasteiger partial charge >= 0.3 is 0 Å². The van der Waals surface area contributed by atoms with Gasteiger partial charge in [0.2, 0.25) is 0 Å². The fraction of sp³-hybridized carbons (Fsp3) is 0.400. The number of nitro groups is 1. The Bertz CT molecular complexity index is 390. The van der Waals surface area contributed by atoms with Crippen LogP contribution in [0.25, 0.3) is 0 Å². The highest BCUT2D eigenvalue weighted by atomic mass is 16.7. The normalized spacial score (nSPS) is 19.6. The van der Waals surface area contributed by atoms with Crippen LogP contribution in [0.4, 0.5) is 11.4 Å². The van der Waals surface area contributed by atoms with E-state index in [0.29, 0.717) is 17.9 Å². The van der Waals surface area contributed by atoms with Gasteiger partial charge in [-0.3, -0.25) is 0 Å². The Morgan fingerprint density at radius 3 is 2.81 bits per heavy atom. The maximum Gasteiger partial charge on any atom is 0.165 e. The van der Waals surface area contributed by atoms with Crippen LogP contribution in [-0.4, -0.2) is 24.2 Å². The van der Waals surface area contributed by atoms with Crippen LogP contribution in [0, 0.1) is 10.1 Å². The second kappa shape index (κ2) is 4.36. The van der Waals surface area contributed by atoms with E-state index in [1.54, 1.807) is 24.3 Å². The van der Waals surface area contributed by atoms with Crippen LogP contribution < -0.4 is 16.1 Å². The summed E-state index contributed by atoms with van der Waals surface area (Å²) in [5.74, 6) is 0. The van der Waals surface area contributed by atoms with Gasteiger partial charge in [-0.25, -0.2) is 10.1 Å². The third kappa shape index (κ3) is 1.92. The van der Waals surface area contributed by atoms with Crippen LogP contribution in [0.5, 0.6) is 0 Å². The van der Waals surface area contributed by atoms with Gasteiger partial charge in [0.25, 0.3) is 0 Å². The molecule has 0 saturated carbocycles. The summed E-state index contributed by atoms with van der Waals surface area (Å²) in [5, 5.41) is 15.0. The maximum absolute atomic E-state index is 11.1. The minimum Gasteiger partial charge on any atom is -0.397 e. The molecule has 1 fully saturated rings. The number of nitrogens with two attached hydrogens (primary N) is 1. The van der Waals surface area contributed by atoms with Crippen LogP contribution in [0.2, 0.25) is 0 Å². The zero-order valence-electron chi connectivity index (χ0n) is 8.80. The Kier molecular flexibility index (Phi) is 2.91. The molecule has 1 aliphatic heterocycles. The average molecular weight is 222 g/mol. The quantitative estimate of drug-likeness (QED) is 0.445. The molecule has 6 heteroatoms. The molecule has 1 unspecified atom stereocenters. The second-order valence-electron chi connectivity index (χ2n) is 3.79. The largest absolute Gasteiger partial charge is 0.397 e. The Morgan fingerprint density at radius 1 is 1.50 bits per heavy atom. The first kappa shape index (κ1) is 10.7. The van der Waals surface area contributed by atoms with Crippen molar-refractivity contribution in [2.24, 2.45) is 0 Å². The van der Waals surface area contributed by atoms with E-state index in [0.717, 1.165) is 18.0 Å². The Labute approximate surface area is 93.2 Å². The molecule has 86 valence electrons. The Balaban J connectivity index is 2.32. The van der Waals surface area contributed by atoms with E-state index in [1.165, 1.54) is 0 Å². The fourth-order valence-corrected chi connectivity index (χ4v) is 1.96. The SMILES string of the molecule is Nc1ccccc1N(C1CCNC1)[N+](=O)[O-]. The summed E-state index contributed by atoms with van der Waals surface area (Å²) < 4.78 is 0. The summed E-state index contributed by atoms with van der Waals surface area (Å²) in [6, 6.07) is 6.75. The molecular weight excluding hydrogens is 208 g/mol. The van der Waals surface area contributed by atoms with E-state index < -0.39 is 0 Å². The van der Waals surface area contributed by atoms with Crippen LogP contribution in [0.3, 0.4) is 0 Å². The van der Waals surface area contributed by atoms with Gasteiger partial charge in [-0.15, -0.1) is 0 Å². The molecule has 0 radical (unpaired) electrons. The van der Waals surface area contributed by atoms with Crippen LogP contribution in [-0.2, 0) is 0 Å². The summed E-state index contributed by atoms with van der Waals surface area (Å²) in [5.41, 5.74) is 6.67. The predicted octanol–water partition coefficient (Wildman–Crippen LogP) is 0.629. The van der Waals surface area contributed by atoms with Crippen molar-refractivity contribution >= 4 is 11.4 Å². The lowest BCUT2D eigenvalue weighted by Crippen LogP contribution is -2.41. The lowest BCUT2D eigenvalue weighted by atomic mass is 10.2. The number of hydrazine groups is 1. The number of para-hydroxylation sites is 2. The van der Waals surface area contributed by atoms with E-state index in [4.69, 9.17) is 5.73 Å². The van der Waals surface area contributed by atoms with E-state index in [1.807, 2.05) is 0 Å². The molecule has 0 bridgehead atoms. The predicted molar refractivity (Wildman–Crippen MR) is 61.6 cm³/mol. The van der Waals surface area contributed by atoms with E-state index in [9.17, 15) is 10.1 Å². The summed E-state index contributed by atoms with van der Waals surface area (Å²) >= 11 is 0. The molecule has 1 aromatic rings. The minimum absolute atomic E-state index is 0.125. The molecule has 1 atom stereocenters. The van der Waals surface area contributed by atoms with Gasteiger partial charge in [-0.05, 0) is 25.1 Å². The highest BCUT2D eigenvalue weighted by molar-refractivity contribution is 5.66. The van der Waals surface area contributed by atoms with Gasteiger partial charge in [-0.1, -0.05) is 17.1 Å². The molecule has 16 heavy (non-hydrogen) atoms. The molecule has 1 saturated heterocycles. The monoisotopic (exact) mass is 222 g/mol. The number of hydrogen-bond donors (Lipinski definition) is 2. The summed E-state index contributed by atoms with van der Waals surface area (Å²) in [6.07, 6.45) is 0.759. The first-order valence-corrected chi connectivity index (χ1v) is 5.19. The summed E-state index contributed by atoms with van der Waals surface area (Å²) in [6.45, 7) is 1.43. The zero-order chi connectivity index (χ0) is 11.5. The second-order valence-corrected chi connectivity index (χ2v) is 3.79. The number of benzene rings is 1. The van der Waals surface area contributed by atoms with Crippen molar-refractivity contribution in [2.45, 2.75) is 12.5 Å². The van der Waals surface area contributed by atoms with Crippen molar-refractivity contribution in [3.8, 4) is 0 Å². The average Bonchev–Trinajstić information content (AvgIpc) is 2.74. The van der Waals surface area contributed by atoms with Crippen LogP contribution in [0.1, 0.15) is 6.42 Å².